The van der Waals surface area contributed by atoms with Crippen molar-refractivity contribution in [1.29, 1.82) is 0 Å². The molecule has 20 heavy (non-hydrogen) atoms. The molecule has 1 aliphatic heterocycles. The SMILES string of the molecule is COC(=O)CCSc1ccc(N2CCN(C)CC2)cc1. The molecule has 5 heteroatoms. The fourth-order valence-electron chi connectivity index (χ4n) is 2.17. The lowest BCUT2D eigenvalue weighted by Crippen LogP contribution is -2.44. The van der Waals surface area contributed by atoms with Crippen LogP contribution in [0.25, 0.3) is 0 Å². The minimum absolute atomic E-state index is 0.147. The third-order valence-corrected chi connectivity index (χ3v) is 4.52. The maximum atomic E-state index is 11.0. The number of anilines is 1. The topological polar surface area (TPSA) is 32.8 Å². The van der Waals surface area contributed by atoms with Gasteiger partial charge >= 0.3 is 5.97 Å². The predicted octanol–water partition coefficient (Wildman–Crippen LogP) is 2.09. The van der Waals surface area contributed by atoms with E-state index in [0.29, 0.717) is 6.42 Å². The first-order chi connectivity index (χ1) is 9.69. The molecule has 0 unspecified atom stereocenters. The zero-order valence-corrected chi connectivity index (χ0v) is 13.0. The van der Waals surface area contributed by atoms with Crippen molar-refractivity contribution in [2.75, 3.05) is 51.0 Å². The number of hydrogen-bond acceptors (Lipinski definition) is 5. The zero-order chi connectivity index (χ0) is 14.4. The minimum Gasteiger partial charge on any atom is -0.469 e. The number of ether oxygens (including phenoxy) is 1. The van der Waals surface area contributed by atoms with Crippen molar-refractivity contribution in [2.45, 2.75) is 11.3 Å². The van der Waals surface area contributed by atoms with E-state index in [9.17, 15) is 4.79 Å². The molecule has 0 saturated carbocycles. The van der Waals surface area contributed by atoms with Gasteiger partial charge in [-0.2, -0.15) is 0 Å². The largest absolute Gasteiger partial charge is 0.469 e. The van der Waals surface area contributed by atoms with Crippen LogP contribution in [0.1, 0.15) is 6.42 Å². The summed E-state index contributed by atoms with van der Waals surface area (Å²) in [6, 6.07) is 8.61. The normalized spacial score (nSPS) is 16.2. The number of methoxy groups -OCH3 is 1. The second-order valence-corrected chi connectivity index (χ2v) is 6.13. The molecule has 0 bridgehead atoms. The first kappa shape index (κ1) is 15.2. The summed E-state index contributed by atoms with van der Waals surface area (Å²) >= 11 is 1.69. The summed E-state index contributed by atoms with van der Waals surface area (Å²) in [5.41, 5.74) is 1.29. The third kappa shape index (κ3) is 4.42. The highest BCUT2D eigenvalue weighted by Gasteiger charge is 2.13. The summed E-state index contributed by atoms with van der Waals surface area (Å²) < 4.78 is 4.63. The minimum atomic E-state index is -0.147. The summed E-state index contributed by atoms with van der Waals surface area (Å²) in [6.07, 6.45) is 0.460. The van der Waals surface area contributed by atoms with Gasteiger partial charge in [0.1, 0.15) is 0 Å². The van der Waals surface area contributed by atoms with Gasteiger partial charge in [-0.25, -0.2) is 0 Å². The van der Waals surface area contributed by atoms with Gasteiger partial charge in [0, 0.05) is 42.5 Å². The van der Waals surface area contributed by atoms with Gasteiger partial charge in [0.15, 0.2) is 0 Å². The summed E-state index contributed by atoms with van der Waals surface area (Å²) in [4.78, 5) is 17.0. The van der Waals surface area contributed by atoms with Crippen LogP contribution in [0.15, 0.2) is 29.2 Å². The van der Waals surface area contributed by atoms with Crippen LogP contribution in [0.4, 0.5) is 5.69 Å². The van der Waals surface area contributed by atoms with E-state index in [1.165, 1.54) is 17.7 Å². The van der Waals surface area contributed by atoms with Gasteiger partial charge in [0.25, 0.3) is 0 Å². The lowest BCUT2D eigenvalue weighted by atomic mass is 10.2. The molecule has 0 radical (unpaired) electrons. The van der Waals surface area contributed by atoms with Crippen LogP contribution in [0.5, 0.6) is 0 Å². The van der Waals surface area contributed by atoms with E-state index in [4.69, 9.17) is 0 Å². The van der Waals surface area contributed by atoms with E-state index in [2.05, 4.69) is 45.8 Å². The van der Waals surface area contributed by atoms with Crippen LogP contribution in [-0.4, -0.2) is 57.0 Å². The molecule has 110 valence electrons. The van der Waals surface area contributed by atoms with Crippen molar-refractivity contribution in [3.05, 3.63) is 24.3 Å². The maximum Gasteiger partial charge on any atom is 0.306 e. The van der Waals surface area contributed by atoms with Gasteiger partial charge in [-0.05, 0) is 31.3 Å². The quantitative estimate of drug-likeness (QED) is 0.613. The molecule has 0 aromatic heterocycles. The average molecular weight is 294 g/mol. The molecule has 1 aromatic rings. The first-order valence-corrected chi connectivity index (χ1v) is 7.91. The molecular weight excluding hydrogens is 272 g/mol. The Kier molecular flexibility index (Phi) is 5.73. The molecule has 1 heterocycles. The van der Waals surface area contributed by atoms with Crippen molar-refractivity contribution in [3.63, 3.8) is 0 Å². The van der Waals surface area contributed by atoms with Gasteiger partial charge in [0.2, 0.25) is 0 Å². The monoisotopic (exact) mass is 294 g/mol. The Bertz CT molecular complexity index is 428. The van der Waals surface area contributed by atoms with Crippen LogP contribution in [0.3, 0.4) is 0 Å². The third-order valence-electron chi connectivity index (χ3n) is 3.51. The first-order valence-electron chi connectivity index (χ1n) is 6.92. The number of carbonyl (C=O) groups excluding carboxylic acids is 1. The van der Waals surface area contributed by atoms with Gasteiger partial charge in [-0.3, -0.25) is 4.79 Å². The van der Waals surface area contributed by atoms with Crippen molar-refractivity contribution in [1.82, 2.24) is 4.90 Å². The highest BCUT2D eigenvalue weighted by Crippen LogP contribution is 2.23. The van der Waals surface area contributed by atoms with E-state index < -0.39 is 0 Å². The summed E-state index contributed by atoms with van der Waals surface area (Å²) in [5.74, 6) is 0.618. The highest BCUT2D eigenvalue weighted by molar-refractivity contribution is 7.99. The Morgan fingerprint density at radius 3 is 2.45 bits per heavy atom. The summed E-state index contributed by atoms with van der Waals surface area (Å²) in [5, 5.41) is 0. The van der Waals surface area contributed by atoms with E-state index in [1.807, 2.05) is 0 Å². The number of nitrogens with zero attached hydrogens (tertiary/aromatic N) is 2. The molecule has 1 fully saturated rings. The fourth-order valence-corrected chi connectivity index (χ4v) is 3.01. The van der Waals surface area contributed by atoms with Crippen LogP contribution in [-0.2, 0) is 9.53 Å². The van der Waals surface area contributed by atoms with Crippen molar-refractivity contribution < 1.29 is 9.53 Å². The zero-order valence-electron chi connectivity index (χ0n) is 12.2. The Labute approximate surface area is 125 Å². The van der Waals surface area contributed by atoms with E-state index in [1.54, 1.807) is 11.8 Å². The van der Waals surface area contributed by atoms with E-state index in [-0.39, 0.29) is 5.97 Å². The molecule has 0 amide bonds. The number of carbonyl (C=O) groups is 1. The Balaban J connectivity index is 1.82. The smallest absolute Gasteiger partial charge is 0.306 e. The Hall–Kier alpha value is -1.20. The number of piperazine rings is 1. The lowest BCUT2D eigenvalue weighted by Gasteiger charge is -2.34. The summed E-state index contributed by atoms with van der Waals surface area (Å²) in [6.45, 7) is 4.42. The average Bonchev–Trinajstić information content (AvgIpc) is 2.48. The number of benzene rings is 1. The van der Waals surface area contributed by atoms with Crippen molar-refractivity contribution in [3.8, 4) is 0 Å². The molecule has 1 aliphatic rings. The van der Waals surface area contributed by atoms with Crippen LogP contribution >= 0.6 is 11.8 Å². The standard InChI is InChI=1S/C15H22N2O2S/c1-16-8-10-17(11-9-16)13-3-5-14(6-4-13)20-12-7-15(18)19-2/h3-6H,7-12H2,1-2H3. The molecule has 0 atom stereocenters. The number of rotatable bonds is 5. The van der Waals surface area contributed by atoms with Crippen LogP contribution in [0, 0.1) is 0 Å². The second-order valence-electron chi connectivity index (χ2n) is 4.96. The summed E-state index contributed by atoms with van der Waals surface area (Å²) in [7, 11) is 3.59. The lowest BCUT2D eigenvalue weighted by molar-refractivity contribution is -0.140. The van der Waals surface area contributed by atoms with Crippen molar-refractivity contribution in [2.24, 2.45) is 0 Å². The highest BCUT2D eigenvalue weighted by atomic mass is 32.2. The van der Waals surface area contributed by atoms with Crippen LogP contribution in [0.2, 0.25) is 0 Å². The molecule has 0 N–H and O–H groups in total. The fraction of sp³-hybridized carbons (Fsp3) is 0.533. The number of likely N-dealkylation sites (N-methyl/N-ethyl adjacent to an activating group) is 1. The molecule has 1 aromatic carbocycles. The molecule has 2 rings (SSSR count). The van der Waals surface area contributed by atoms with E-state index in [0.717, 1.165) is 31.9 Å². The molecule has 1 saturated heterocycles. The molecule has 0 aliphatic carbocycles. The second kappa shape index (κ2) is 7.55. The number of hydrogen-bond donors (Lipinski definition) is 0. The number of esters is 1. The maximum absolute atomic E-state index is 11.0. The van der Waals surface area contributed by atoms with Crippen molar-refractivity contribution >= 4 is 23.4 Å². The van der Waals surface area contributed by atoms with Gasteiger partial charge in [-0.15, -0.1) is 11.8 Å². The molecular formula is C15H22N2O2S. The molecule has 0 spiro atoms. The van der Waals surface area contributed by atoms with Gasteiger partial charge in [-0.1, -0.05) is 0 Å². The van der Waals surface area contributed by atoms with Crippen LogP contribution < -0.4 is 4.90 Å². The Morgan fingerprint density at radius 2 is 1.85 bits per heavy atom. The Morgan fingerprint density at radius 1 is 1.20 bits per heavy atom. The molecule has 4 nitrogen and oxygen atoms in total. The predicted molar refractivity (Wildman–Crippen MR) is 83.5 cm³/mol. The van der Waals surface area contributed by atoms with E-state index >= 15 is 0 Å². The number of thioether (sulfide) groups is 1. The van der Waals surface area contributed by atoms with Gasteiger partial charge < -0.3 is 14.5 Å². The van der Waals surface area contributed by atoms with Gasteiger partial charge in [0.05, 0.1) is 13.5 Å².